The number of ether oxygens (including phenoxy) is 1. The van der Waals surface area contributed by atoms with Crippen LogP contribution in [0.2, 0.25) is 0 Å². The molecule has 110 valence electrons. The van der Waals surface area contributed by atoms with Crippen LogP contribution in [-0.4, -0.2) is 24.4 Å². The molecular formula is C17H15N3O2. The van der Waals surface area contributed by atoms with Crippen molar-refractivity contribution in [2.75, 3.05) is 11.9 Å². The second kappa shape index (κ2) is 6.22. The van der Waals surface area contributed by atoms with Gasteiger partial charge in [0.05, 0.1) is 18.5 Å². The molecule has 22 heavy (non-hydrogen) atoms. The topological polar surface area (TPSA) is 63.1 Å². The van der Waals surface area contributed by atoms with Gasteiger partial charge in [0.2, 0.25) is 0 Å². The van der Waals surface area contributed by atoms with Crippen LogP contribution in [0.1, 0.15) is 18.1 Å². The Balaban J connectivity index is 1.87. The van der Waals surface area contributed by atoms with Gasteiger partial charge in [-0.05, 0) is 25.1 Å². The van der Waals surface area contributed by atoms with Gasteiger partial charge in [-0.1, -0.05) is 30.3 Å². The third-order valence-corrected chi connectivity index (χ3v) is 3.22. The molecule has 0 atom stereocenters. The summed E-state index contributed by atoms with van der Waals surface area (Å²) in [7, 11) is 0. The van der Waals surface area contributed by atoms with E-state index in [1.807, 2.05) is 55.5 Å². The van der Waals surface area contributed by atoms with E-state index in [0.29, 0.717) is 12.3 Å². The van der Waals surface area contributed by atoms with Crippen molar-refractivity contribution >= 4 is 23.5 Å². The third-order valence-electron chi connectivity index (χ3n) is 3.22. The molecule has 0 fully saturated rings. The van der Waals surface area contributed by atoms with Crippen LogP contribution in [0.3, 0.4) is 0 Å². The van der Waals surface area contributed by atoms with Gasteiger partial charge < -0.3 is 10.1 Å². The fraction of sp³-hybridized carbons (Fsp3) is 0.118. The van der Waals surface area contributed by atoms with Crippen LogP contribution in [0, 0.1) is 0 Å². The summed E-state index contributed by atoms with van der Waals surface area (Å²) in [6.07, 6.45) is 1.59. The van der Waals surface area contributed by atoms with Gasteiger partial charge in [0.25, 0.3) is 5.91 Å². The number of anilines is 1. The van der Waals surface area contributed by atoms with Crippen LogP contribution >= 0.6 is 0 Å². The number of nitrogens with one attached hydrogen (secondary N) is 1. The first-order valence-electron chi connectivity index (χ1n) is 7.03. The monoisotopic (exact) mass is 293 g/mol. The average molecular weight is 293 g/mol. The van der Waals surface area contributed by atoms with Crippen LogP contribution in [0.25, 0.3) is 0 Å². The minimum Gasteiger partial charge on any atom is -0.493 e. The fourth-order valence-corrected chi connectivity index (χ4v) is 2.22. The van der Waals surface area contributed by atoms with Crippen molar-refractivity contribution in [3.8, 4) is 5.75 Å². The van der Waals surface area contributed by atoms with Crippen molar-refractivity contribution in [2.24, 2.45) is 10.2 Å². The molecule has 0 radical (unpaired) electrons. The Kier molecular flexibility index (Phi) is 3.96. The molecule has 1 N–H and O–H groups in total. The Hall–Kier alpha value is -2.95. The highest BCUT2D eigenvalue weighted by molar-refractivity contribution is 6.53. The summed E-state index contributed by atoms with van der Waals surface area (Å²) in [5, 5.41) is 10.9. The van der Waals surface area contributed by atoms with Gasteiger partial charge in [-0.15, -0.1) is 5.10 Å². The molecule has 0 saturated carbocycles. The zero-order chi connectivity index (χ0) is 15.4. The van der Waals surface area contributed by atoms with Crippen molar-refractivity contribution < 1.29 is 9.53 Å². The molecule has 3 rings (SSSR count). The largest absolute Gasteiger partial charge is 0.493 e. The van der Waals surface area contributed by atoms with Crippen LogP contribution in [0.15, 0.2) is 58.7 Å². The predicted molar refractivity (Wildman–Crippen MR) is 86.8 cm³/mol. The van der Waals surface area contributed by atoms with E-state index in [2.05, 4.69) is 15.5 Å². The maximum atomic E-state index is 11.9. The zero-order valence-electron chi connectivity index (χ0n) is 12.1. The molecule has 2 aromatic rings. The van der Waals surface area contributed by atoms with Crippen molar-refractivity contribution in [3.63, 3.8) is 0 Å². The van der Waals surface area contributed by atoms with Gasteiger partial charge in [0.1, 0.15) is 5.75 Å². The van der Waals surface area contributed by atoms with Crippen LogP contribution in [0.5, 0.6) is 5.75 Å². The molecule has 5 nitrogen and oxygen atoms in total. The lowest BCUT2D eigenvalue weighted by molar-refractivity contribution is -0.110. The van der Waals surface area contributed by atoms with Gasteiger partial charge in [-0.3, -0.25) is 4.79 Å². The molecule has 1 heterocycles. The molecular weight excluding hydrogens is 278 g/mol. The Morgan fingerprint density at radius 2 is 1.91 bits per heavy atom. The molecule has 5 heteroatoms. The van der Waals surface area contributed by atoms with Gasteiger partial charge in [0, 0.05) is 11.1 Å². The van der Waals surface area contributed by atoms with E-state index in [1.165, 1.54) is 0 Å². The Bertz CT molecular complexity index is 766. The normalized spacial score (nSPS) is 15.1. The summed E-state index contributed by atoms with van der Waals surface area (Å²) in [5.74, 6) is 0.502. The molecule has 0 saturated heterocycles. The smallest absolute Gasteiger partial charge is 0.276 e. The van der Waals surface area contributed by atoms with E-state index in [9.17, 15) is 4.79 Å². The fourth-order valence-electron chi connectivity index (χ4n) is 2.22. The number of carbonyl (C=O) groups excluding carboxylic acids is 1. The summed E-state index contributed by atoms with van der Waals surface area (Å²) in [6, 6.07) is 15.0. The van der Waals surface area contributed by atoms with E-state index < -0.39 is 0 Å². The maximum absolute atomic E-state index is 11.9. The van der Waals surface area contributed by atoms with Gasteiger partial charge in [-0.2, -0.15) is 5.10 Å². The summed E-state index contributed by atoms with van der Waals surface area (Å²) < 4.78 is 5.52. The molecule has 0 spiro atoms. The van der Waals surface area contributed by atoms with Crippen LogP contribution in [0.4, 0.5) is 5.69 Å². The number of amides is 1. The van der Waals surface area contributed by atoms with E-state index in [1.54, 1.807) is 6.21 Å². The Morgan fingerprint density at radius 3 is 2.77 bits per heavy atom. The Labute approximate surface area is 128 Å². The first-order chi connectivity index (χ1) is 10.8. The standard InChI is InChI=1S/C17H15N3O2/c1-2-22-15-10-6-3-7-12(15)11-18-20-16-13-8-4-5-9-14(13)19-17(16)21/h3-11H,2H2,1H3,(H,19,20,21)/b18-11+. The first kappa shape index (κ1) is 14.0. The summed E-state index contributed by atoms with van der Waals surface area (Å²) in [6.45, 7) is 2.50. The van der Waals surface area contributed by atoms with E-state index >= 15 is 0 Å². The van der Waals surface area contributed by atoms with Crippen LogP contribution < -0.4 is 10.1 Å². The predicted octanol–water partition coefficient (Wildman–Crippen LogP) is 2.86. The van der Waals surface area contributed by atoms with Crippen molar-refractivity contribution in [1.29, 1.82) is 0 Å². The molecule has 1 aliphatic rings. The highest BCUT2D eigenvalue weighted by atomic mass is 16.5. The lowest BCUT2D eigenvalue weighted by Crippen LogP contribution is -2.13. The number of benzene rings is 2. The summed E-state index contributed by atoms with van der Waals surface area (Å²) in [4.78, 5) is 11.9. The van der Waals surface area contributed by atoms with Gasteiger partial charge in [0.15, 0.2) is 5.71 Å². The van der Waals surface area contributed by atoms with E-state index in [4.69, 9.17) is 4.74 Å². The molecule has 2 aromatic carbocycles. The lowest BCUT2D eigenvalue weighted by Gasteiger charge is -2.05. The number of hydrogen-bond donors (Lipinski definition) is 1. The second-order valence-corrected chi connectivity index (χ2v) is 4.66. The maximum Gasteiger partial charge on any atom is 0.276 e. The van der Waals surface area contributed by atoms with Crippen molar-refractivity contribution in [1.82, 2.24) is 0 Å². The first-order valence-corrected chi connectivity index (χ1v) is 7.03. The lowest BCUT2D eigenvalue weighted by atomic mass is 10.1. The van der Waals surface area contributed by atoms with Gasteiger partial charge >= 0.3 is 0 Å². The molecule has 0 aliphatic carbocycles. The second-order valence-electron chi connectivity index (χ2n) is 4.66. The minimum atomic E-state index is -0.239. The number of fused-ring (bicyclic) bond motifs is 1. The SMILES string of the molecule is CCOc1ccccc1/C=N/N=C1\C(=O)Nc2ccccc21. The summed E-state index contributed by atoms with van der Waals surface area (Å²) in [5.41, 5.74) is 2.67. The molecule has 0 unspecified atom stereocenters. The zero-order valence-corrected chi connectivity index (χ0v) is 12.1. The number of hydrogen-bond acceptors (Lipinski definition) is 4. The number of para-hydroxylation sites is 2. The number of nitrogens with zero attached hydrogens (tertiary/aromatic N) is 2. The summed E-state index contributed by atoms with van der Waals surface area (Å²) >= 11 is 0. The van der Waals surface area contributed by atoms with E-state index in [-0.39, 0.29) is 5.91 Å². The molecule has 0 bridgehead atoms. The highest BCUT2D eigenvalue weighted by Crippen LogP contribution is 2.22. The number of carbonyl (C=O) groups is 1. The average Bonchev–Trinajstić information content (AvgIpc) is 2.85. The molecule has 1 aliphatic heterocycles. The minimum absolute atomic E-state index is 0.239. The highest BCUT2D eigenvalue weighted by Gasteiger charge is 2.25. The quantitative estimate of drug-likeness (QED) is 0.696. The number of rotatable bonds is 4. The van der Waals surface area contributed by atoms with Crippen molar-refractivity contribution in [2.45, 2.75) is 6.92 Å². The molecule has 1 amide bonds. The van der Waals surface area contributed by atoms with Gasteiger partial charge in [-0.25, -0.2) is 0 Å². The van der Waals surface area contributed by atoms with Crippen molar-refractivity contribution in [3.05, 3.63) is 59.7 Å². The molecule has 0 aromatic heterocycles. The van der Waals surface area contributed by atoms with E-state index in [0.717, 1.165) is 22.6 Å². The third kappa shape index (κ3) is 2.74. The van der Waals surface area contributed by atoms with Crippen LogP contribution in [-0.2, 0) is 4.79 Å². The Morgan fingerprint density at radius 1 is 1.14 bits per heavy atom.